The highest BCUT2D eigenvalue weighted by atomic mass is 16.5. The average Bonchev–Trinajstić information content (AvgIpc) is 2.05. The number of carbonyl (C=O) groups is 1. The Labute approximate surface area is 58.7 Å². The van der Waals surface area contributed by atoms with Gasteiger partial charge in [0.15, 0.2) is 0 Å². The molecule has 1 rings (SSSR count). The van der Waals surface area contributed by atoms with Crippen molar-refractivity contribution in [1.29, 1.82) is 0 Å². The number of rotatable bonds is 1. The van der Waals surface area contributed by atoms with Gasteiger partial charge in [-0.1, -0.05) is 0 Å². The van der Waals surface area contributed by atoms with Crippen molar-refractivity contribution in [3.63, 3.8) is 0 Å². The summed E-state index contributed by atoms with van der Waals surface area (Å²) < 4.78 is 4.43. The van der Waals surface area contributed by atoms with Crippen LogP contribution in [0.15, 0.2) is 24.4 Å². The molecule has 0 bridgehead atoms. The number of hydrogen-bond acceptors (Lipinski definition) is 3. The zero-order valence-corrected chi connectivity index (χ0v) is 5.57. The number of aliphatic imine (C=N–C) groups is 1. The van der Waals surface area contributed by atoms with Crippen LogP contribution in [0.25, 0.3) is 0 Å². The van der Waals surface area contributed by atoms with Crippen LogP contribution in [-0.2, 0) is 9.53 Å². The fourth-order valence-corrected chi connectivity index (χ4v) is 0.588. The molecular weight excluding hydrogens is 130 g/mol. The summed E-state index contributed by atoms with van der Waals surface area (Å²) in [6.45, 7) is 0. The summed E-state index contributed by atoms with van der Waals surface area (Å²) in [6, 6.07) is 0. The van der Waals surface area contributed by atoms with Gasteiger partial charge in [-0.05, 0) is 6.08 Å². The summed E-state index contributed by atoms with van der Waals surface area (Å²) >= 11 is 0. The lowest BCUT2D eigenvalue weighted by Gasteiger charge is -1.88. The van der Waals surface area contributed by atoms with Crippen molar-refractivity contribution in [1.82, 2.24) is 4.99 Å². The van der Waals surface area contributed by atoms with Crippen LogP contribution in [0.5, 0.6) is 0 Å². The van der Waals surface area contributed by atoms with Gasteiger partial charge in [-0.25, -0.2) is 4.79 Å². The number of methoxy groups -OCH3 is 1. The maximum atomic E-state index is 10.7. The fraction of sp³-hybridized carbons (Fsp3) is 0.143. The zero-order valence-electron chi connectivity index (χ0n) is 5.57. The molecule has 0 aromatic heterocycles. The van der Waals surface area contributed by atoms with E-state index >= 15 is 0 Å². The summed E-state index contributed by atoms with van der Waals surface area (Å²) in [5.41, 5.74) is 0.338. The molecular formula is C7H7NO2+. The Morgan fingerprint density at radius 2 is 2.40 bits per heavy atom. The molecule has 3 heteroatoms. The Hall–Kier alpha value is -1.38. The number of carbonyl (C=O) groups excluding carboxylic acids is 1. The molecule has 1 aliphatic rings. The Bertz CT molecular complexity index is 226. The lowest BCUT2D eigenvalue weighted by Crippen LogP contribution is -2.18. The molecule has 1 heterocycles. The Morgan fingerprint density at radius 3 is 2.90 bits per heavy atom. The van der Waals surface area contributed by atoms with Crippen molar-refractivity contribution >= 4 is 11.7 Å². The van der Waals surface area contributed by atoms with Gasteiger partial charge in [0, 0.05) is 12.2 Å². The van der Waals surface area contributed by atoms with E-state index in [2.05, 4.69) is 9.73 Å². The van der Waals surface area contributed by atoms with E-state index < -0.39 is 5.97 Å². The third-order valence-electron chi connectivity index (χ3n) is 1.06. The summed E-state index contributed by atoms with van der Waals surface area (Å²) in [4.78, 5) is 14.5. The van der Waals surface area contributed by atoms with Crippen molar-refractivity contribution in [2.45, 2.75) is 0 Å². The van der Waals surface area contributed by atoms with Crippen LogP contribution in [0.4, 0.5) is 0 Å². The highest BCUT2D eigenvalue weighted by Gasteiger charge is 2.18. The predicted octanol–water partition coefficient (Wildman–Crippen LogP) is 0.0197. The molecule has 0 aromatic carbocycles. The normalized spacial score (nSPS) is 14.7. The molecule has 0 atom stereocenters. The van der Waals surface area contributed by atoms with Gasteiger partial charge in [-0.3, -0.25) is 0 Å². The molecule has 0 spiro atoms. The number of nitrogens with zero attached hydrogens (tertiary/aromatic N) is 1. The maximum Gasteiger partial charge on any atom is 0.410 e. The topological polar surface area (TPSA) is 40.4 Å². The second-order valence-corrected chi connectivity index (χ2v) is 1.71. The number of ether oxygens (including phenoxy) is 1. The van der Waals surface area contributed by atoms with Crippen molar-refractivity contribution in [2.75, 3.05) is 7.11 Å². The monoisotopic (exact) mass is 137 g/mol. The smallest absolute Gasteiger partial charge is 0.410 e. The molecule has 0 N–H and O–H groups in total. The largest absolute Gasteiger partial charge is 0.461 e. The van der Waals surface area contributed by atoms with E-state index in [1.165, 1.54) is 7.11 Å². The van der Waals surface area contributed by atoms with Gasteiger partial charge in [0.05, 0.1) is 12.1 Å². The van der Waals surface area contributed by atoms with E-state index in [9.17, 15) is 4.79 Å². The van der Waals surface area contributed by atoms with Gasteiger partial charge in [0.25, 0.3) is 0 Å². The highest BCUT2D eigenvalue weighted by Crippen LogP contribution is 1.87. The SMILES string of the molecule is COC(=O)C1=[N+]C=CC=C1. The molecule has 0 saturated carbocycles. The summed E-state index contributed by atoms with van der Waals surface area (Å²) in [5.74, 6) is -0.402. The second kappa shape index (κ2) is 2.96. The molecule has 0 saturated heterocycles. The van der Waals surface area contributed by atoms with E-state index in [0.717, 1.165) is 0 Å². The number of allylic oxidation sites excluding steroid dienone is 2. The van der Waals surface area contributed by atoms with Gasteiger partial charge >= 0.3 is 11.7 Å². The molecule has 10 heavy (non-hydrogen) atoms. The molecule has 0 aliphatic carbocycles. The van der Waals surface area contributed by atoms with Crippen LogP contribution in [0.3, 0.4) is 0 Å². The van der Waals surface area contributed by atoms with Crippen LogP contribution in [0.1, 0.15) is 0 Å². The van der Waals surface area contributed by atoms with E-state index in [-0.39, 0.29) is 0 Å². The summed E-state index contributed by atoms with van der Waals surface area (Å²) in [7, 11) is 1.33. The van der Waals surface area contributed by atoms with Gasteiger partial charge < -0.3 is 4.74 Å². The number of esters is 1. The second-order valence-electron chi connectivity index (χ2n) is 1.71. The van der Waals surface area contributed by atoms with Crippen molar-refractivity contribution < 1.29 is 9.53 Å². The minimum atomic E-state index is -0.402. The van der Waals surface area contributed by atoms with Crippen LogP contribution in [0, 0.1) is 0 Å². The van der Waals surface area contributed by atoms with Gasteiger partial charge in [-0.15, -0.1) is 0 Å². The minimum Gasteiger partial charge on any atom is -0.461 e. The highest BCUT2D eigenvalue weighted by molar-refractivity contribution is 6.40. The van der Waals surface area contributed by atoms with Gasteiger partial charge in [-0.2, -0.15) is 0 Å². The first-order valence-corrected chi connectivity index (χ1v) is 2.84. The zero-order chi connectivity index (χ0) is 7.40. The van der Waals surface area contributed by atoms with E-state index in [1.54, 1.807) is 24.4 Å². The third kappa shape index (κ3) is 1.31. The molecule has 0 amide bonds. The van der Waals surface area contributed by atoms with E-state index in [4.69, 9.17) is 0 Å². The Morgan fingerprint density at radius 1 is 1.60 bits per heavy atom. The minimum absolute atomic E-state index is 0.338. The predicted molar refractivity (Wildman–Crippen MR) is 37.4 cm³/mol. The molecule has 3 nitrogen and oxygen atoms in total. The number of hydrogen-bond donors (Lipinski definition) is 0. The molecule has 0 aromatic rings. The third-order valence-corrected chi connectivity index (χ3v) is 1.06. The average molecular weight is 137 g/mol. The van der Waals surface area contributed by atoms with Crippen LogP contribution >= 0.6 is 0 Å². The molecule has 1 aliphatic heterocycles. The first-order valence-electron chi connectivity index (χ1n) is 2.84. The van der Waals surface area contributed by atoms with Gasteiger partial charge in [0.2, 0.25) is 6.20 Å². The molecule has 1 radical (unpaired) electrons. The molecule has 0 fully saturated rings. The van der Waals surface area contributed by atoms with E-state index in [1.807, 2.05) is 0 Å². The van der Waals surface area contributed by atoms with Crippen molar-refractivity contribution in [3.8, 4) is 0 Å². The Kier molecular flexibility index (Phi) is 1.99. The summed E-state index contributed by atoms with van der Waals surface area (Å²) in [6.07, 6.45) is 6.63. The lowest BCUT2D eigenvalue weighted by molar-refractivity contribution is -0.132. The fourth-order valence-electron chi connectivity index (χ4n) is 0.588. The van der Waals surface area contributed by atoms with Crippen LogP contribution in [0.2, 0.25) is 0 Å². The first kappa shape index (κ1) is 6.74. The maximum absolute atomic E-state index is 10.7. The lowest BCUT2D eigenvalue weighted by atomic mass is 10.3. The molecule has 0 unspecified atom stereocenters. The molecule has 51 valence electrons. The Balaban J connectivity index is 2.74. The van der Waals surface area contributed by atoms with Crippen LogP contribution < -0.4 is 4.99 Å². The van der Waals surface area contributed by atoms with Gasteiger partial charge in [0.1, 0.15) is 0 Å². The van der Waals surface area contributed by atoms with Crippen LogP contribution in [-0.4, -0.2) is 18.8 Å². The van der Waals surface area contributed by atoms with E-state index in [0.29, 0.717) is 5.71 Å². The standard InChI is InChI=1S/C7H7NO2/c1-10-7(9)6-4-2-3-5-8-6/h2-5H,1H3/q+1. The van der Waals surface area contributed by atoms with Crippen molar-refractivity contribution in [2.24, 2.45) is 0 Å². The quantitative estimate of drug-likeness (QED) is 0.478. The first-order chi connectivity index (χ1) is 4.84. The van der Waals surface area contributed by atoms with Crippen molar-refractivity contribution in [3.05, 3.63) is 24.4 Å². The summed E-state index contributed by atoms with van der Waals surface area (Å²) in [5, 5.41) is 0.